The number of nitrogens with zero attached hydrogens (tertiary/aromatic N) is 6. The lowest BCUT2D eigenvalue weighted by Crippen LogP contribution is -2.44. The van der Waals surface area contributed by atoms with Gasteiger partial charge in [0.15, 0.2) is 34.6 Å². The number of anilines is 1. The molecule has 7 atom stereocenters. The van der Waals surface area contributed by atoms with E-state index in [4.69, 9.17) is 28.4 Å². The molecule has 2 unspecified atom stereocenters. The predicted octanol–water partition coefficient (Wildman–Crippen LogP) is 10.6. The summed E-state index contributed by atoms with van der Waals surface area (Å²) in [5, 5.41) is 26.4. The van der Waals surface area contributed by atoms with Crippen LogP contribution in [-0.4, -0.2) is 161 Å². The summed E-state index contributed by atoms with van der Waals surface area (Å²) in [6, 6.07) is 35.8. The standard InChI is InChI=1S/C85H96N8O16/c1-50(2)64(40-60(95)45-86-75(97)31-27-59(94)28-32-76(98)92-46-56-15-9-10-16-62(56)79-78(88-89-90(79)4)63-17-11-12-18-68(63)92)81(100)87-51(3)70(96)37-52-19-21-53(22-20-52)48-109-84(103)77-66-42-74(72(106-7)43-67(66)83(102)93-49-85(33-34-85)44-69(93)80(77)99)108-36-14-8-13-35-107-73-39-55-23-26-58-38-57(54-24-29-61(104-5)30-25-54)47-91(58)82(101)65(55)41-71(73)105-6/h9-12,15-22,24-25,29-30,39,41-43,50-51,57-58,64,69,77,80,99H,8,13-14,23,26-28,31-38,40,44-49H2,1-7H3,(H,86,97)(H,87,100)/t51-,57?,58+,64-,69-,77?,80-/m0/s1. The maximum absolute atomic E-state index is 14.6. The average molecular weight is 1490 g/mol. The van der Waals surface area contributed by atoms with Gasteiger partial charge in [0.05, 0.1) is 77.2 Å². The number of hydrogen-bond acceptors (Lipinski definition) is 18. The SMILES string of the molecule is COc1ccc(C2C[C@H]3CCc4cc(OCCCCCOc5cc6c(cc5OC)C(=O)N5CC7(CC7)C[C@H]5[C@H](O)C6C(=O)OCc5ccc(CC(=O)[C@H](C)NC(=O)[C@@H](CC(=O)CNC(=O)CCC(=O)CCC(=O)N6Cc7ccccc7-c7c(nnn7C)-c7ccccc76)C(C)C)cc5)c(OC)cc4C(=O)N3C2)cc1. The number of rotatable bonds is 31. The Morgan fingerprint density at radius 2 is 1.36 bits per heavy atom. The Hall–Kier alpha value is -10.8. The van der Waals surface area contributed by atoms with E-state index in [1.807, 2.05) is 84.7 Å². The van der Waals surface area contributed by atoms with Gasteiger partial charge in [-0.05, 0) is 152 Å². The van der Waals surface area contributed by atoms with Gasteiger partial charge in [0.25, 0.3) is 11.8 Å². The molecular formula is C85H96N8O16. The minimum atomic E-state index is -1.29. The normalized spacial score (nSPS) is 19.0. The van der Waals surface area contributed by atoms with Crippen molar-refractivity contribution < 1.29 is 76.7 Å². The number of aliphatic hydroxyl groups is 1. The largest absolute Gasteiger partial charge is 0.497 e. The van der Waals surface area contributed by atoms with Crippen LogP contribution in [0.1, 0.15) is 170 Å². The number of Topliss-reactive ketones (excluding diaryl/α,β-unsaturated/α-hetero) is 3. The molecule has 1 saturated carbocycles. The number of ketones is 3. The summed E-state index contributed by atoms with van der Waals surface area (Å²) < 4.78 is 37.3. The summed E-state index contributed by atoms with van der Waals surface area (Å²) in [6.45, 7) is 6.65. The number of aryl methyl sites for hydroxylation is 2. The first-order valence-corrected chi connectivity index (χ1v) is 38.0. The number of aliphatic hydroxyl groups excluding tert-OH is 1. The van der Waals surface area contributed by atoms with Crippen LogP contribution in [0.2, 0.25) is 0 Å². The van der Waals surface area contributed by atoms with Crippen molar-refractivity contribution in [2.24, 2.45) is 24.3 Å². The summed E-state index contributed by atoms with van der Waals surface area (Å²) in [5.74, 6) is -2.92. The van der Waals surface area contributed by atoms with E-state index in [1.165, 1.54) is 12.7 Å². The molecule has 5 amide bonds. The number of amides is 5. The summed E-state index contributed by atoms with van der Waals surface area (Å²) in [5.41, 5.74) is 9.07. The second-order valence-corrected chi connectivity index (χ2v) is 30.3. The van der Waals surface area contributed by atoms with Crippen LogP contribution in [0.15, 0.2) is 121 Å². The van der Waals surface area contributed by atoms with Crippen molar-refractivity contribution in [2.75, 3.05) is 59.1 Å². The number of aromatic nitrogens is 3. The molecule has 0 bridgehead atoms. The number of carbonyl (C=O) groups excluding carboxylic acids is 9. The van der Waals surface area contributed by atoms with Gasteiger partial charge < -0.3 is 58.9 Å². The van der Waals surface area contributed by atoms with Crippen LogP contribution >= 0.6 is 0 Å². The van der Waals surface area contributed by atoms with E-state index in [2.05, 4.69) is 33.1 Å². The zero-order chi connectivity index (χ0) is 76.8. The van der Waals surface area contributed by atoms with Gasteiger partial charge in [-0.15, -0.1) is 5.10 Å². The molecule has 24 nitrogen and oxygen atoms in total. The van der Waals surface area contributed by atoms with Gasteiger partial charge in [0.2, 0.25) is 17.7 Å². The Bertz CT molecular complexity index is 4610. The number of nitrogens with one attached hydrogen (secondary N) is 2. The van der Waals surface area contributed by atoms with Crippen molar-refractivity contribution >= 4 is 58.5 Å². The number of esters is 1. The maximum Gasteiger partial charge on any atom is 0.316 e. The van der Waals surface area contributed by atoms with Gasteiger partial charge >= 0.3 is 5.97 Å². The topological polar surface area (TPSA) is 294 Å². The van der Waals surface area contributed by atoms with E-state index in [0.29, 0.717) is 90.0 Å². The monoisotopic (exact) mass is 1480 g/mol. The first-order valence-electron chi connectivity index (χ1n) is 38.0. The summed E-state index contributed by atoms with van der Waals surface area (Å²) in [4.78, 5) is 129. The average Bonchev–Trinajstić information content (AvgIpc) is 1.56. The third-order valence-corrected chi connectivity index (χ3v) is 22.7. The van der Waals surface area contributed by atoms with Crippen LogP contribution in [0.5, 0.6) is 28.7 Å². The van der Waals surface area contributed by atoms with Crippen LogP contribution in [0.3, 0.4) is 0 Å². The fraction of sp³-hybridized carbons (Fsp3) is 0.447. The molecule has 3 N–H and O–H groups in total. The molecule has 3 fully saturated rings. The van der Waals surface area contributed by atoms with E-state index in [-0.39, 0.29) is 129 Å². The first kappa shape index (κ1) is 76.4. The highest BCUT2D eigenvalue weighted by Gasteiger charge is 2.58. The van der Waals surface area contributed by atoms with Crippen LogP contribution in [0.4, 0.5) is 5.69 Å². The molecule has 2 saturated heterocycles. The highest BCUT2D eigenvalue weighted by atomic mass is 16.5. The highest BCUT2D eigenvalue weighted by Crippen LogP contribution is 2.57. The Morgan fingerprint density at radius 3 is 2.06 bits per heavy atom. The van der Waals surface area contributed by atoms with E-state index in [9.17, 15) is 48.3 Å². The number of ether oxygens (including phenoxy) is 6. The van der Waals surface area contributed by atoms with E-state index >= 15 is 0 Å². The molecule has 7 aromatic rings. The number of benzene rings is 6. The van der Waals surface area contributed by atoms with Crippen molar-refractivity contribution in [3.63, 3.8) is 0 Å². The van der Waals surface area contributed by atoms with E-state index in [0.717, 1.165) is 72.2 Å². The number of hydrogen-bond donors (Lipinski definition) is 3. The minimum Gasteiger partial charge on any atom is -0.497 e. The van der Waals surface area contributed by atoms with Crippen molar-refractivity contribution in [1.29, 1.82) is 0 Å². The second-order valence-electron chi connectivity index (χ2n) is 30.3. The Labute approximate surface area is 634 Å². The third-order valence-electron chi connectivity index (χ3n) is 22.7. The fourth-order valence-electron chi connectivity index (χ4n) is 16.2. The smallest absolute Gasteiger partial charge is 0.316 e. The molecule has 1 spiro atoms. The van der Waals surface area contributed by atoms with Gasteiger partial charge in [0.1, 0.15) is 29.8 Å². The number of fused-ring (bicyclic) bond motifs is 9. The minimum absolute atomic E-state index is 0.0103. The fourth-order valence-corrected chi connectivity index (χ4v) is 16.2. The lowest BCUT2D eigenvalue weighted by molar-refractivity contribution is -0.150. The lowest BCUT2D eigenvalue weighted by atomic mass is 9.85. The third kappa shape index (κ3) is 16.9. The zero-order valence-electron chi connectivity index (χ0n) is 63.0. The van der Waals surface area contributed by atoms with Crippen LogP contribution in [0.25, 0.3) is 22.5 Å². The molecule has 6 aromatic carbocycles. The Kier molecular flexibility index (Phi) is 23.4. The number of carbonyl (C=O) groups is 9. The van der Waals surface area contributed by atoms with Gasteiger partial charge in [-0.25, -0.2) is 4.68 Å². The van der Waals surface area contributed by atoms with Gasteiger partial charge in [-0.2, -0.15) is 0 Å². The molecule has 572 valence electrons. The predicted molar refractivity (Wildman–Crippen MR) is 404 cm³/mol. The van der Waals surface area contributed by atoms with Crippen LogP contribution < -0.4 is 39.2 Å². The molecule has 1 aromatic heterocycles. The Morgan fingerprint density at radius 1 is 0.688 bits per heavy atom. The first-order chi connectivity index (χ1) is 52.6. The van der Waals surface area contributed by atoms with Crippen LogP contribution in [0, 0.1) is 17.3 Å². The van der Waals surface area contributed by atoms with E-state index < -0.39 is 53.6 Å². The van der Waals surface area contributed by atoms with E-state index in [1.54, 1.807) is 85.9 Å². The molecular weight excluding hydrogens is 1390 g/mol. The molecule has 109 heavy (non-hydrogen) atoms. The Balaban J connectivity index is 0.555. The molecule has 13 rings (SSSR count). The molecule has 24 heteroatoms. The number of unbranched alkanes of at least 4 members (excludes halogenated alkanes) is 2. The molecule has 5 aliphatic heterocycles. The van der Waals surface area contributed by atoms with Gasteiger partial charge in [-0.3, -0.25) is 43.2 Å². The molecule has 6 aliphatic rings. The van der Waals surface area contributed by atoms with Crippen molar-refractivity contribution in [3.05, 3.63) is 166 Å². The zero-order valence-corrected chi connectivity index (χ0v) is 63.0. The molecule has 6 heterocycles. The van der Waals surface area contributed by atoms with Gasteiger partial charge in [-0.1, -0.05) is 97.9 Å². The van der Waals surface area contributed by atoms with Crippen molar-refractivity contribution in [1.82, 2.24) is 35.4 Å². The number of methoxy groups -OCH3 is 3. The highest BCUT2D eigenvalue weighted by molar-refractivity contribution is 6.03. The number of para-hydroxylation sites is 1. The van der Waals surface area contributed by atoms with Crippen molar-refractivity contribution in [3.8, 4) is 51.3 Å². The molecule has 1 aliphatic carbocycles. The maximum atomic E-state index is 14.6. The van der Waals surface area contributed by atoms with Gasteiger partial charge in [0, 0.05) is 98.8 Å². The lowest BCUT2D eigenvalue weighted by Gasteiger charge is -2.28. The van der Waals surface area contributed by atoms with Crippen molar-refractivity contribution in [2.45, 2.75) is 166 Å². The summed E-state index contributed by atoms with van der Waals surface area (Å²) in [6.07, 6.45) is 4.87. The second kappa shape index (κ2) is 33.4. The molecule has 0 radical (unpaired) electrons. The summed E-state index contributed by atoms with van der Waals surface area (Å²) in [7, 11) is 6.54. The summed E-state index contributed by atoms with van der Waals surface area (Å²) >= 11 is 0. The van der Waals surface area contributed by atoms with Crippen LogP contribution in [-0.2, 0) is 71.3 Å². The quantitative estimate of drug-likeness (QED) is 0.0269.